The van der Waals surface area contributed by atoms with Crippen molar-refractivity contribution >= 4 is 5.91 Å². The molecule has 0 bridgehead atoms. The molecule has 0 saturated heterocycles. The molecule has 1 aromatic rings. The predicted octanol–water partition coefficient (Wildman–Crippen LogP) is 0.544. The van der Waals surface area contributed by atoms with Gasteiger partial charge >= 0.3 is 0 Å². The summed E-state index contributed by atoms with van der Waals surface area (Å²) in [5.74, 6) is -0.152. The topological polar surface area (TPSA) is 84.2 Å². The number of amides is 1. The van der Waals surface area contributed by atoms with Gasteiger partial charge in [0.1, 0.15) is 5.69 Å². The Labute approximate surface area is 117 Å². The lowest BCUT2D eigenvalue weighted by Gasteiger charge is -2.18. The standard InChI is InChI=1S/C14H21N3O3/c1-2-8-17-13(19)7-6-12(16-17)14(20)15-11-5-3-4-10(11)9-18/h6-7,10-11,18H,2-5,8-9H2,1H3,(H,15,20). The van der Waals surface area contributed by atoms with Crippen LogP contribution in [0.25, 0.3) is 0 Å². The van der Waals surface area contributed by atoms with Crippen molar-refractivity contribution in [3.63, 3.8) is 0 Å². The number of aliphatic hydroxyl groups is 1. The smallest absolute Gasteiger partial charge is 0.271 e. The van der Waals surface area contributed by atoms with E-state index in [0.29, 0.717) is 6.54 Å². The molecule has 2 atom stereocenters. The third kappa shape index (κ3) is 3.25. The number of nitrogens with one attached hydrogen (secondary N) is 1. The SMILES string of the molecule is CCCn1nc(C(=O)NC2CCCC2CO)ccc1=O. The highest BCUT2D eigenvalue weighted by Crippen LogP contribution is 2.25. The lowest BCUT2D eigenvalue weighted by atomic mass is 10.1. The van der Waals surface area contributed by atoms with Crippen LogP contribution in [0.5, 0.6) is 0 Å². The van der Waals surface area contributed by atoms with Crippen LogP contribution >= 0.6 is 0 Å². The molecule has 2 unspecified atom stereocenters. The predicted molar refractivity (Wildman–Crippen MR) is 74.5 cm³/mol. The van der Waals surface area contributed by atoms with E-state index in [1.807, 2.05) is 6.92 Å². The Balaban J connectivity index is 2.09. The van der Waals surface area contributed by atoms with Crippen LogP contribution in [0, 0.1) is 5.92 Å². The molecule has 0 aromatic carbocycles. The van der Waals surface area contributed by atoms with Gasteiger partial charge in [0.05, 0.1) is 0 Å². The van der Waals surface area contributed by atoms with Crippen molar-refractivity contribution in [2.75, 3.05) is 6.61 Å². The number of nitrogens with zero attached hydrogens (tertiary/aromatic N) is 2. The highest BCUT2D eigenvalue weighted by Gasteiger charge is 2.28. The third-order valence-corrected chi connectivity index (χ3v) is 3.74. The quantitative estimate of drug-likeness (QED) is 0.824. The van der Waals surface area contributed by atoms with Gasteiger partial charge in [0, 0.05) is 31.2 Å². The van der Waals surface area contributed by atoms with E-state index >= 15 is 0 Å². The van der Waals surface area contributed by atoms with Crippen LogP contribution in [-0.2, 0) is 6.54 Å². The fourth-order valence-corrected chi connectivity index (χ4v) is 2.63. The van der Waals surface area contributed by atoms with Crippen molar-refractivity contribution in [3.05, 3.63) is 28.2 Å². The molecule has 110 valence electrons. The Morgan fingerprint density at radius 3 is 3.00 bits per heavy atom. The largest absolute Gasteiger partial charge is 0.396 e. The molecule has 2 rings (SSSR count). The normalized spacial score (nSPS) is 21.9. The van der Waals surface area contributed by atoms with E-state index in [4.69, 9.17) is 0 Å². The third-order valence-electron chi connectivity index (χ3n) is 3.74. The number of aromatic nitrogens is 2. The minimum atomic E-state index is -0.278. The molecule has 6 nitrogen and oxygen atoms in total. The van der Waals surface area contributed by atoms with E-state index in [9.17, 15) is 14.7 Å². The molecule has 0 radical (unpaired) electrons. The van der Waals surface area contributed by atoms with Crippen molar-refractivity contribution in [2.45, 2.75) is 45.2 Å². The van der Waals surface area contributed by atoms with E-state index in [0.717, 1.165) is 25.7 Å². The molecular weight excluding hydrogens is 258 g/mol. The summed E-state index contributed by atoms with van der Waals surface area (Å²) < 4.78 is 1.31. The summed E-state index contributed by atoms with van der Waals surface area (Å²) in [6.45, 7) is 2.54. The Kier molecular flexibility index (Phi) is 4.89. The summed E-state index contributed by atoms with van der Waals surface area (Å²) in [6, 6.07) is 2.82. The van der Waals surface area contributed by atoms with Gasteiger partial charge in [-0.25, -0.2) is 4.68 Å². The van der Waals surface area contributed by atoms with Gasteiger partial charge in [-0.1, -0.05) is 13.3 Å². The molecule has 1 amide bonds. The van der Waals surface area contributed by atoms with E-state index in [-0.39, 0.29) is 35.7 Å². The lowest BCUT2D eigenvalue weighted by Crippen LogP contribution is -2.39. The molecule has 2 N–H and O–H groups in total. The van der Waals surface area contributed by atoms with E-state index in [1.165, 1.54) is 16.8 Å². The van der Waals surface area contributed by atoms with Crippen LogP contribution in [-0.4, -0.2) is 33.4 Å². The summed E-state index contributed by atoms with van der Waals surface area (Å²) in [7, 11) is 0. The summed E-state index contributed by atoms with van der Waals surface area (Å²) in [4.78, 5) is 23.7. The Morgan fingerprint density at radius 1 is 1.50 bits per heavy atom. The van der Waals surface area contributed by atoms with Crippen LogP contribution in [0.2, 0.25) is 0 Å². The van der Waals surface area contributed by atoms with Crippen LogP contribution in [0.4, 0.5) is 0 Å². The minimum Gasteiger partial charge on any atom is -0.396 e. The summed E-state index contributed by atoms with van der Waals surface area (Å²) >= 11 is 0. The maximum absolute atomic E-state index is 12.2. The van der Waals surface area contributed by atoms with Gasteiger partial charge in [0.2, 0.25) is 0 Å². The molecule has 1 fully saturated rings. The fraction of sp³-hybridized carbons (Fsp3) is 0.643. The lowest BCUT2D eigenvalue weighted by molar-refractivity contribution is 0.0908. The Morgan fingerprint density at radius 2 is 2.30 bits per heavy atom. The van der Waals surface area contributed by atoms with Crippen LogP contribution in [0.3, 0.4) is 0 Å². The first-order valence-electron chi connectivity index (χ1n) is 7.15. The summed E-state index contributed by atoms with van der Waals surface area (Å²) in [6.07, 6.45) is 3.61. The van der Waals surface area contributed by atoms with Crippen molar-refractivity contribution in [1.29, 1.82) is 0 Å². The van der Waals surface area contributed by atoms with Crippen molar-refractivity contribution < 1.29 is 9.90 Å². The van der Waals surface area contributed by atoms with Crippen molar-refractivity contribution in [2.24, 2.45) is 5.92 Å². The molecule has 0 spiro atoms. The van der Waals surface area contributed by atoms with Gasteiger partial charge in [0.25, 0.3) is 11.5 Å². The monoisotopic (exact) mass is 279 g/mol. The van der Waals surface area contributed by atoms with Crippen molar-refractivity contribution in [1.82, 2.24) is 15.1 Å². The zero-order valence-electron chi connectivity index (χ0n) is 11.7. The number of hydrogen-bond acceptors (Lipinski definition) is 4. The minimum absolute atomic E-state index is 0.000790. The zero-order valence-corrected chi connectivity index (χ0v) is 11.7. The average Bonchev–Trinajstić information content (AvgIpc) is 2.88. The summed E-state index contributed by atoms with van der Waals surface area (Å²) in [5.41, 5.74) is 0.0548. The molecule has 1 saturated carbocycles. The Bertz CT molecular complexity index is 527. The molecule has 0 aliphatic heterocycles. The molecule has 1 aliphatic carbocycles. The number of aryl methyl sites for hydroxylation is 1. The molecule has 6 heteroatoms. The number of hydrogen-bond donors (Lipinski definition) is 2. The molecule has 1 heterocycles. The van der Waals surface area contributed by atoms with Gasteiger partial charge in [-0.05, 0) is 25.3 Å². The van der Waals surface area contributed by atoms with Gasteiger partial charge in [-0.3, -0.25) is 9.59 Å². The second-order valence-electron chi connectivity index (χ2n) is 5.23. The molecule has 20 heavy (non-hydrogen) atoms. The second-order valence-corrected chi connectivity index (χ2v) is 5.23. The number of carbonyl (C=O) groups is 1. The first-order valence-corrected chi connectivity index (χ1v) is 7.15. The number of rotatable bonds is 5. The van der Waals surface area contributed by atoms with Gasteiger partial charge in [0.15, 0.2) is 0 Å². The molecule has 1 aromatic heterocycles. The van der Waals surface area contributed by atoms with Gasteiger partial charge in [-0.2, -0.15) is 5.10 Å². The highest BCUT2D eigenvalue weighted by atomic mass is 16.3. The zero-order chi connectivity index (χ0) is 14.5. The first-order chi connectivity index (χ1) is 9.65. The van der Waals surface area contributed by atoms with Crippen LogP contribution < -0.4 is 10.9 Å². The van der Waals surface area contributed by atoms with Crippen molar-refractivity contribution in [3.8, 4) is 0 Å². The fourth-order valence-electron chi connectivity index (χ4n) is 2.63. The maximum Gasteiger partial charge on any atom is 0.271 e. The van der Waals surface area contributed by atoms with Gasteiger partial charge < -0.3 is 10.4 Å². The molecular formula is C14H21N3O3. The van der Waals surface area contributed by atoms with Crippen LogP contribution in [0.1, 0.15) is 43.1 Å². The van der Waals surface area contributed by atoms with Crippen LogP contribution in [0.15, 0.2) is 16.9 Å². The van der Waals surface area contributed by atoms with E-state index in [1.54, 1.807) is 0 Å². The van der Waals surface area contributed by atoms with Gasteiger partial charge in [-0.15, -0.1) is 0 Å². The van der Waals surface area contributed by atoms with E-state index < -0.39 is 0 Å². The van der Waals surface area contributed by atoms with E-state index in [2.05, 4.69) is 10.4 Å². The second kappa shape index (κ2) is 6.65. The number of carbonyl (C=O) groups excluding carboxylic acids is 1. The maximum atomic E-state index is 12.2. The average molecular weight is 279 g/mol. The first kappa shape index (κ1) is 14.7. The highest BCUT2D eigenvalue weighted by molar-refractivity contribution is 5.92. The number of aliphatic hydroxyl groups excluding tert-OH is 1. The summed E-state index contributed by atoms with van der Waals surface area (Å²) in [5, 5.41) is 16.3. The molecule has 1 aliphatic rings. The Hall–Kier alpha value is -1.69.